The van der Waals surface area contributed by atoms with Gasteiger partial charge in [-0.25, -0.2) is 4.79 Å². The fourth-order valence-electron chi connectivity index (χ4n) is 1.02. The predicted molar refractivity (Wildman–Crippen MR) is 43.1 cm³/mol. The Bertz CT molecular complexity index is 267. The lowest BCUT2D eigenvalue weighted by atomic mass is 9.85. The number of rotatable bonds is 1. The van der Waals surface area contributed by atoms with Gasteiger partial charge in [0.2, 0.25) is 5.91 Å². The van der Waals surface area contributed by atoms with Gasteiger partial charge in [0.05, 0.1) is 5.41 Å². The highest BCUT2D eigenvalue weighted by molar-refractivity contribution is 5.99. The molecule has 1 saturated heterocycles. The van der Waals surface area contributed by atoms with Crippen molar-refractivity contribution in [2.75, 3.05) is 6.54 Å². The Morgan fingerprint density at radius 3 is 2.83 bits per heavy atom. The molecule has 64 valence electrons. The van der Waals surface area contributed by atoms with Crippen LogP contribution in [0.2, 0.25) is 0 Å². The molecule has 4 nitrogen and oxygen atoms in total. The molecule has 0 radical (unpaired) electrons. The van der Waals surface area contributed by atoms with Crippen LogP contribution in [0, 0.1) is 17.8 Å². The quantitative estimate of drug-likeness (QED) is 0.532. The second kappa shape index (κ2) is 2.86. The minimum Gasteiger partial charge on any atom is -0.337 e. The van der Waals surface area contributed by atoms with Crippen LogP contribution in [-0.4, -0.2) is 18.5 Å². The Morgan fingerprint density at radius 2 is 2.33 bits per heavy atom. The summed E-state index contributed by atoms with van der Waals surface area (Å²) in [5, 5.41) is 4.69. The van der Waals surface area contributed by atoms with E-state index in [2.05, 4.69) is 16.6 Å². The molecule has 0 bridgehead atoms. The monoisotopic (exact) mass is 166 g/mol. The molecule has 0 spiro atoms. The van der Waals surface area contributed by atoms with Crippen LogP contribution in [0.15, 0.2) is 0 Å². The topological polar surface area (TPSA) is 58.2 Å². The van der Waals surface area contributed by atoms with Gasteiger partial charge in [0.25, 0.3) is 0 Å². The molecule has 0 aromatic rings. The van der Waals surface area contributed by atoms with E-state index in [-0.39, 0.29) is 5.91 Å². The molecule has 1 unspecified atom stereocenters. The minimum absolute atomic E-state index is 0.302. The number of nitrogens with one attached hydrogen (secondary N) is 2. The minimum atomic E-state index is -0.650. The number of carbonyl (C=O) groups is 2. The lowest BCUT2D eigenvalue weighted by Gasteiger charge is -2.30. The first kappa shape index (κ1) is 8.60. The lowest BCUT2D eigenvalue weighted by Crippen LogP contribution is -2.57. The Labute approximate surface area is 70.7 Å². The first-order chi connectivity index (χ1) is 5.58. The molecular weight excluding hydrogens is 156 g/mol. The maximum absolute atomic E-state index is 11.2. The summed E-state index contributed by atoms with van der Waals surface area (Å²) in [6.45, 7) is 2.03. The summed E-state index contributed by atoms with van der Waals surface area (Å²) in [5.41, 5.74) is -0.650. The van der Waals surface area contributed by atoms with Crippen LogP contribution in [0.5, 0.6) is 0 Å². The molecule has 0 aromatic carbocycles. The van der Waals surface area contributed by atoms with E-state index in [0.29, 0.717) is 13.0 Å². The number of urea groups is 1. The summed E-state index contributed by atoms with van der Waals surface area (Å²) in [5.74, 6) is 2.11. The van der Waals surface area contributed by atoms with E-state index in [1.807, 2.05) is 0 Å². The normalized spacial score (nSPS) is 28.7. The molecule has 0 aromatic heterocycles. The Hall–Kier alpha value is -1.50. The Kier molecular flexibility index (Phi) is 2.05. The maximum atomic E-state index is 11.2. The summed E-state index contributed by atoms with van der Waals surface area (Å²) >= 11 is 0. The van der Waals surface area contributed by atoms with E-state index in [1.54, 1.807) is 6.92 Å². The fraction of sp³-hybridized carbons (Fsp3) is 0.500. The van der Waals surface area contributed by atoms with E-state index in [1.165, 1.54) is 0 Å². The van der Waals surface area contributed by atoms with Gasteiger partial charge in [0.15, 0.2) is 0 Å². The van der Waals surface area contributed by atoms with Gasteiger partial charge in [-0.2, -0.15) is 0 Å². The number of imide groups is 1. The highest BCUT2D eigenvalue weighted by Gasteiger charge is 2.37. The van der Waals surface area contributed by atoms with Crippen molar-refractivity contribution in [3.63, 3.8) is 0 Å². The molecule has 1 atom stereocenters. The predicted octanol–water partition coefficient (Wildman–Crippen LogP) is -0.145. The van der Waals surface area contributed by atoms with E-state index in [4.69, 9.17) is 6.42 Å². The van der Waals surface area contributed by atoms with Crippen LogP contribution >= 0.6 is 0 Å². The van der Waals surface area contributed by atoms with Crippen molar-refractivity contribution in [2.45, 2.75) is 13.3 Å². The molecule has 0 aliphatic carbocycles. The average molecular weight is 166 g/mol. The van der Waals surface area contributed by atoms with Gasteiger partial charge >= 0.3 is 6.03 Å². The highest BCUT2D eigenvalue weighted by atomic mass is 16.2. The molecule has 0 saturated carbocycles. The molecule has 12 heavy (non-hydrogen) atoms. The van der Waals surface area contributed by atoms with Gasteiger partial charge in [0.1, 0.15) is 0 Å². The van der Waals surface area contributed by atoms with Gasteiger partial charge in [-0.15, -0.1) is 12.3 Å². The lowest BCUT2D eigenvalue weighted by molar-refractivity contribution is -0.129. The molecule has 1 fully saturated rings. The van der Waals surface area contributed by atoms with Crippen LogP contribution in [0.25, 0.3) is 0 Å². The van der Waals surface area contributed by atoms with Gasteiger partial charge < -0.3 is 5.32 Å². The average Bonchev–Trinajstić information content (AvgIpc) is 1.99. The summed E-state index contributed by atoms with van der Waals surface area (Å²) in [6, 6.07) is -0.450. The van der Waals surface area contributed by atoms with E-state index in [0.717, 1.165) is 0 Å². The van der Waals surface area contributed by atoms with E-state index in [9.17, 15) is 9.59 Å². The number of carbonyl (C=O) groups excluding carboxylic acids is 2. The molecule has 2 N–H and O–H groups in total. The number of hydrogen-bond donors (Lipinski definition) is 2. The maximum Gasteiger partial charge on any atom is 0.321 e. The second-order valence-corrected chi connectivity index (χ2v) is 3.08. The molecule has 1 heterocycles. The smallest absolute Gasteiger partial charge is 0.321 e. The van der Waals surface area contributed by atoms with Crippen molar-refractivity contribution < 1.29 is 9.59 Å². The largest absolute Gasteiger partial charge is 0.337 e. The van der Waals surface area contributed by atoms with Crippen LogP contribution in [0.4, 0.5) is 4.79 Å². The zero-order chi connectivity index (χ0) is 9.19. The number of amides is 3. The number of terminal acetylenes is 1. The van der Waals surface area contributed by atoms with Crippen molar-refractivity contribution in [3.8, 4) is 12.3 Å². The van der Waals surface area contributed by atoms with Crippen LogP contribution in [0.1, 0.15) is 13.3 Å². The highest BCUT2D eigenvalue weighted by Crippen LogP contribution is 2.21. The van der Waals surface area contributed by atoms with Gasteiger partial charge in [-0.1, -0.05) is 0 Å². The van der Waals surface area contributed by atoms with Crippen LogP contribution < -0.4 is 10.6 Å². The van der Waals surface area contributed by atoms with Gasteiger partial charge in [-0.05, 0) is 6.92 Å². The van der Waals surface area contributed by atoms with E-state index >= 15 is 0 Å². The summed E-state index contributed by atoms with van der Waals surface area (Å²) in [4.78, 5) is 21.9. The number of hydrogen-bond acceptors (Lipinski definition) is 2. The van der Waals surface area contributed by atoms with Crippen LogP contribution in [-0.2, 0) is 4.79 Å². The van der Waals surface area contributed by atoms with Crippen LogP contribution in [0.3, 0.4) is 0 Å². The van der Waals surface area contributed by atoms with Crippen molar-refractivity contribution in [1.82, 2.24) is 10.6 Å². The summed E-state index contributed by atoms with van der Waals surface area (Å²) in [6.07, 6.45) is 5.43. The summed E-state index contributed by atoms with van der Waals surface area (Å²) in [7, 11) is 0. The third kappa shape index (κ3) is 1.40. The van der Waals surface area contributed by atoms with Crippen molar-refractivity contribution in [1.29, 1.82) is 0 Å². The van der Waals surface area contributed by atoms with Crippen molar-refractivity contribution in [2.24, 2.45) is 5.41 Å². The van der Waals surface area contributed by atoms with E-state index < -0.39 is 11.4 Å². The summed E-state index contributed by atoms with van der Waals surface area (Å²) < 4.78 is 0. The standard InChI is InChI=1S/C8H10N2O2/c1-3-4-8(2)5-9-7(12)10-6(8)11/h1H,4-5H2,2H3,(H2,9,10,11,12). The fourth-order valence-corrected chi connectivity index (χ4v) is 1.02. The molecule has 1 aliphatic heterocycles. The first-order valence-corrected chi connectivity index (χ1v) is 3.61. The zero-order valence-electron chi connectivity index (χ0n) is 6.81. The SMILES string of the molecule is C#CCC1(C)CNC(=O)NC1=O. The third-order valence-corrected chi connectivity index (χ3v) is 1.91. The zero-order valence-corrected chi connectivity index (χ0v) is 6.81. The molecule has 4 heteroatoms. The molecule has 1 rings (SSSR count). The first-order valence-electron chi connectivity index (χ1n) is 3.61. The van der Waals surface area contributed by atoms with Crippen molar-refractivity contribution >= 4 is 11.9 Å². The third-order valence-electron chi connectivity index (χ3n) is 1.91. The molecule has 3 amide bonds. The Balaban J connectivity index is 2.74. The van der Waals surface area contributed by atoms with Crippen molar-refractivity contribution in [3.05, 3.63) is 0 Å². The Morgan fingerprint density at radius 1 is 1.67 bits per heavy atom. The van der Waals surface area contributed by atoms with Gasteiger partial charge in [-0.3, -0.25) is 10.1 Å². The second-order valence-electron chi connectivity index (χ2n) is 3.08. The molecular formula is C8H10N2O2. The molecule has 1 aliphatic rings. The van der Waals surface area contributed by atoms with Gasteiger partial charge in [0, 0.05) is 13.0 Å².